The largest absolute Gasteiger partial charge is 0.503 e. The van der Waals surface area contributed by atoms with E-state index in [9.17, 15) is 23.5 Å². The third-order valence-corrected chi connectivity index (χ3v) is 4.40. The average Bonchev–Trinajstić information content (AvgIpc) is 2.89. The van der Waals surface area contributed by atoms with E-state index in [4.69, 9.17) is 0 Å². The van der Waals surface area contributed by atoms with E-state index in [0.29, 0.717) is 5.56 Å². The fraction of sp³-hybridized carbons (Fsp3) is 0.238. The maximum absolute atomic E-state index is 13.8. The minimum Gasteiger partial charge on any atom is -0.503 e. The summed E-state index contributed by atoms with van der Waals surface area (Å²) in [5.74, 6) is -3.96. The van der Waals surface area contributed by atoms with Crippen molar-refractivity contribution in [2.45, 2.75) is 26.3 Å². The quantitative estimate of drug-likeness (QED) is 0.843. The van der Waals surface area contributed by atoms with Crippen molar-refractivity contribution in [2.75, 3.05) is 4.90 Å². The summed E-state index contributed by atoms with van der Waals surface area (Å²) in [6.45, 7) is 3.72. The van der Waals surface area contributed by atoms with E-state index >= 15 is 0 Å². The first-order valence-electron chi connectivity index (χ1n) is 8.61. The Hall–Kier alpha value is -3.02. The zero-order valence-electron chi connectivity index (χ0n) is 14.9. The van der Waals surface area contributed by atoms with Crippen molar-refractivity contribution in [1.82, 2.24) is 0 Å². The molecule has 0 spiro atoms. The van der Waals surface area contributed by atoms with Gasteiger partial charge in [-0.05, 0) is 23.6 Å². The molecule has 0 fully saturated rings. The van der Waals surface area contributed by atoms with Crippen LogP contribution in [0.5, 0.6) is 0 Å². The van der Waals surface area contributed by atoms with Gasteiger partial charge in [0.25, 0.3) is 5.91 Å². The lowest BCUT2D eigenvalue weighted by atomic mass is 9.92. The van der Waals surface area contributed by atoms with Crippen molar-refractivity contribution in [2.24, 2.45) is 5.92 Å². The molecule has 1 unspecified atom stereocenters. The normalized spacial score (nSPS) is 17.1. The second kappa shape index (κ2) is 7.31. The van der Waals surface area contributed by atoms with Gasteiger partial charge in [0.2, 0.25) is 0 Å². The van der Waals surface area contributed by atoms with Crippen LogP contribution in [0.2, 0.25) is 0 Å². The number of Topliss-reactive ketones (excluding diaryl/α,β-unsaturated/α-hetero) is 1. The number of hydrogen-bond acceptors (Lipinski definition) is 3. The topological polar surface area (TPSA) is 57.6 Å². The van der Waals surface area contributed by atoms with Crippen LogP contribution in [-0.4, -0.2) is 16.8 Å². The molecule has 0 aromatic heterocycles. The van der Waals surface area contributed by atoms with Gasteiger partial charge in [-0.15, -0.1) is 0 Å². The molecular formula is C21H19F2NO3. The molecule has 2 aromatic rings. The SMILES string of the molecule is CC(C)CC(=O)C1=C(O)C(=O)N(c2ccc(F)c(F)c2)C1c1ccccc1. The van der Waals surface area contributed by atoms with Crippen LogP contribution >= 0.6 is 0 Å². The number of benzene rings is 2. The van der Waals surface area contributed by atoms with Gasteiger partial charge >= 0.3 is 0 Å². The Balaban J connectivity index is 2.14. The van der Waals surface area contributed by atoms with Gasteiger partial charge in [-0.1, -0.05) is 44.2 Å². The van der Waals surface area contributed by atoms with Crippen molar-refractivity contribution in [3.8, 4) is 0 Å². The Morgan fingerprint density at radius 1 is 1.11 bits per heavy atom. The molecule has 3 rings (SSSR count). The van der Waals surface area contributed by atoms with Gasteiger partial charge in [0, 0.05) is 18.2 Å². The van der Waals surface area contributed by atoms with Crippen molar-refractivity contribution < 1.29 is 23.5 Å². The van der Waals surface area contributed by atoms with E-state index in [2.05, 4.69) is 0 Å². The van der Waals surface area contributed by atoms with Crippen LogP contribution in [0.3, 0.4) is 0 Å². The Labute approximate surface area is 155 Å². The molecule has 1 atom stereocenters. The standard InChI is InChI=1S/C21H19F2NO3/c1-12(2)10-17(25)18-19(13-6-4-3-5-7-13)24(21(27)20(18)26)14-8-9-15(22)16(23)11-14/h3-9,11-12,19,26H,10H2,1-2H3. The molecule has 140 valence electrons. The van der Waals surface area contributed by atoms with E-state index in [0.717, 1.165) is 17.0 Å². The summed E-state index contributed by atoms with van der Waals surface area (Å²) in [6, 6.07) is 10.8. The lowest BCUT2D eigenvalue weighted by molar-refractivity contribution is -0.118. The van der Waals surface area contributed by atoms with E-state index in [1.54, 1.807) is 30.3 Å². The third kappa shape index (κ3) is 3.47. The summed E-state index contributed by atoms with van der Waals surface area (Å²) in [4.78, 5) is 26.6. The highest BCUT2D eigenvalue weighted by atomic mass is 19.2. The van der Waals surface area contributed by atoms with E-state index in [-0.39, 0.29) is 29.4 Å². The van der Waals surface area contributed by atoms with Gasteiger partial charge in [0.15, 0.2) is 23.2 Å². The molecule has 1 N–H and O–H groups in total. The minimum atomic E-state index is -1.12. The van der Waals surface area contributed by atoms with Gasteiger partial charge in [0.1, 0.15) is 0 Å². The molecule has 1 amide bonds. The summed E-state index contributed by atoms with van der Waals surface area (Å²) < 4.78 is 27.1. The molecular weight excluding hydrogens is 352 g/mol. The lowest BCUT2D eigenvalue weighted by Crippen LogP contribution is -2.31. The lowest BCUT2D eigenvalue weighted by Gasteiger charge is -2.27. The molecule has 0 aliphatic carbocycles. The number of carbonyl (C=O) groups is 2. The van der Waals surface area contributed by atoms with Gasteiger partial charge in [0.05, 0.1) is 11.6 Å². The fourth-order valence-corrected chi connectivity index (χ4v) is 3.22. The van der Waals surface area contributed by atoms with Crippen molar-refractivity contribution in [1.29, 1.82) is 0 Å². The first-order chi connectivity index (χ1) is 12.8. The monoisotopic (exact) mass is 371 g/mol. The predicted octanol–water partition coefficient (Wildman–Crippen LogP) is 4.48. The second-order valence-corrected chi connectivity index (χ2v) is 6.87. The highest BCUT2D eigenvalue weighted by Gasteiger charge is 2.44. The Bertz CT molecular complexity index is 922. The average molecular weight is 371 g/mol. The van der Waals surface area contributed by atoms with Gasteiger partial charge in [-0.3, -0.25) is 14.5 Å². The zero-order chi connectivity index (χ0) is 19.7. The van der Waals surface area contributed by atoms with E-state index in [1.807, 2.05) is 13.8 Å². The van der Waals surface area contributed by atoms with Crippen LogP contribution in [0.15, 0.2) is 59.9 Å². The number of aliphatic hydroxyl groups excluding tert-OH is 1. The molecule has 1 heterocycles. The summed E-state index contributed by atoms with van der Waals surface area (Å²) in [6.07, 6.45) is 0.154. The molecule has 0 saturated carbocycles. The summed E-state index contributed by atoms with van der Waals surface area (Å²) in [7, 11) is 0. The van der Waals surface area contributed by atoms with Crippen LogP contribution in [0, 0.1) is 17.6 Å². The Morgan fingerprint density at radius 3 is 2.37 bits per heavy atom. The third-order valence-electron chi connectivity index (χ3n) is 4.40. The van der Waals surface area contributed by atoms with Gasteiger partial charge in [-0.2, -0.15) is 0 Å². The van der Waals surface area contributed by atoms with E-state index < -0.39 is 29.3 Å². The molecule has 6 heteroatoms. The number of carbonyl (C=O) groups excluding carboxylic acids is 2. The highest BCUT2D eigenvalue weighted by molar-refractivity contribution is 6.16. The number of aliphatic hydroxyl groups is 1. The first-order valence-corrected chi connectivity index (χ1v) is 8.61. The Morgan fingerprint density at radius 2 is 1.78 bits per heavy atom. The Kier molecular flexibility index (Phi) is 5.08. The molecule has 1 aliphatic heterocycles. The maximum Gasteiger partial charge on any atom is 0.294 e. The number of amides is 1. The molecule has 4 nitrogen and oxygen atoms in total. The first kappa shape index (κ1) is 18.8. The fourth-order valence-electron chi connectivity index (χ4n) is 3.22. The van der Waals surface area contributed by atoms with Crippen LogP contribution in [0.4, 0.5) is 14.5 Å². The number of anilines is 1. The minimum absolute atomic E-state index is 0.0235. The highest BCUT2D eigenvalue weighted by Crippen LogP contribution is 2.41. The van der Waals surface area contributed by atoms with Gasteiger partial charge in [-0.25, -0.2) is 8.78 Å². The number of halogens is 2. The van der Waals surface area contributed by atoms with Crippen LogP contribution in [0.25, 0.3) is 0 Å². The summed E-state index contributed by atoms with van der Waals surface area (Å²) in [5, 5.41) is 10.4. The van der Waals surface area contributed by atoms with Crippen LogP contribution in [-0.2, 0) is 9.59 Å². The molecule has 1 aliphatic rings. The van der Waals surface area contributed by atoms with Gasteiger partial charge < -0.3 is 5.11 Å². The predicted molar refractivity (Wildman–Crippen MR) is 97.1 cm³/mol. The molecule has 0 bridgehead atoms. The van der Waals surface area contributed by atoms with E-state index in [1.165, 1.54) is 6.07 Å². The van der Waals surface area contributed by atoms with Crippen molar-refractivity contribution >= 4 is 17.4 Å². The molecule has 0 radical (unpaired) electrons. The summed E-state index contributed by atoms with van der Waals surface area (Å²) in [5.41, 5.74) is 0.628. The summed E-state index contributed by atoms with van der Waals surface area (Å²) >= 11 is 0. The number of ketones is 1. The number of nitrogens with zero attached hydrogens (tertiary/aromatic N) is 1. The molecule has 2 aromatic carbocycles. The molecule has 27 heavy (non-hydrogen) atoms. The smallest absolute Gasteiger partial charge is 0.294 e. The number of rotatable bonds is 5. The van der Waals surface area contributed by atoms with Crippen LogP contribution in [0.1, 0.15) is 31.9 Å². The zero-order valence-corrected chi connectivity index (χ0v) is 14.9. The van der Waals surface area contributed by atoms with Crippen molar-refractivity contribution in [3.05, 3.63) is 77.1 Å². The van der Waals surface area contributed by atoms with Crippen LogP contribution < -0.4 is 4.90 Å². The molecule has 0 saturated heterocycles. The van der Waals surface area contributed by atoms with Crippen molar-refractivity contribution in [3.63, 3.8) is 0 Å². The maximum atomic E-state index is 13.8. The second-order valence-electron chi connectivity index (χ2n) is 6.87. The number of hydrogen-bond donors (Lipinski definition) is 1.